The van der Waals surface area contributed by atoms with E-state index < -0.39 is 24.5 Å². The number of benzene rings is 1. The number of thiophene rings is 1. The molecular formula is C18H14F4N2O2S. The highest BCUT2D eigenvalue weighted by atomic mass is 32.1. The van der Waals surface area contributed by atoms with Crippen LogP contribution in [0.3, 0.4) is 0 Å². The Labute approximate surface area is 155 Å². The van der Waals surface area contributed by atoms with Gasteiger partial charge in [-0.1, -0.05) is 6.07 Å². The lowest BCUT2D eigenvalue weighted by molar-refractivity contribution is -0.154. The third-order valence-electron chi connectivity index (χ3n) is 3.77. The topological polar surface area (TPSA) is 51.2 Å². The summed E-state index contributed by atoms with van der Waals surface area (Å²) in [5, 5.41) is 3.30. The SMILES string of the molecule is Cc1c(C(=O)NCc2cccnc2OCC(F)(F)F)sc2ccc(F)cc12. The summed E-state index contributed by atoms with van der Waals surface area (Å²) in [5.74, 6) is -0.984. The molecule has 3 aromatic rings. The van der Waals surface area contributed by atoms with Crippen molar-refractivity contribution in [2.45, 2.75) is 19.6 Å². The maximum Gasteiger partial charge on any atom is 0.422 e. The van der Waals surface area contributed by atoms with Crippen molar-refractivity contribution in [1.82, 2.24) is 10.3 Å². The zero-order chi connectivity index (χ0) is 19.6. The van der Waals surface area contributed by atoms with Gasteiger partial charge in [-0.05, 0) is 42.1 Å². The number of ether oxygens (including phenoxy) is 1. The van der Waals surface area contributed by atoms with Gasteiger partial charge in [-0.25, -0.2) is 9.37 Å². The van der Waals surface area contributed by atoms with Gasteiger partial charge in [0, 0.05) is 23.0 Å². The van der Waals surface area contributed by atoms with E-state index in [4.69, 9.17) is 4.74 Å². The van der Waals surface area contributed by atoms with Crippen LogP contribution in [-0.2, 0) is 6.54 Å². The number of halogens is 4. The van der Waals surface area contributed by atoms with Crippen molar-refractivity contribution in [3.8, 4) is 5.88 Å². The van der Waals surface area contributed by atoms with Crippen molar-refractivity contribution in [3.63, 3.8) is 0 Å². The summed E-state index contributed by atoms with van der Waals surface area (Å²) in [6.45, 7) is 0.197. The molecule has 0 bridgehead atoms. The number of fused-ring (bicyclic) bond motifs is 1. The average molecular weight is 398 g/mol. The Morgan fingerprint density at radius 2 is 2.07 bits per heavy atom. The fraction of sp³-hybridized carbons (Fsp3) is 0.222. The van der Waals surface area contributed by atoms with E-state index >= 15 is 0 Å². The monoisotopic (exact) mass is 398 g/mol. The molecule has 0 aliphatic carbocycles. The van der Waals surface area contributed by atoms with Crippen LogP contribution in [0.1, 0.15) is 20.8 Å². The van der Waals surface area contributed by atoms with Crippen molar-refractivity contribution in [2.24, 2.45) is 0 Å². The van der Waals surface area contributed by atoms with Crippen LogP contribution in [0.15, 0.2) is 36.5 Å². The zero-order valence-electron chi connectivity index (χ0n) is 14.1. The van der Waals surface area contributed by atoms with Crippen LogP contribution in [0.2, 0.25) is 0 Å². The summed E-state index contributed by atoms with van der Waals surface area (Å²) in [7, 11) is 0. The molecule has 0 atom stereocenters. The van der Waals surface area contributed by atoms with Crippen molar-refractivity contribution < 1.29 is 27.1 Å². The minimum atomic E-state index is -4.48. The Balaban J connectivity index is 1.74. The van der Waals surface area contributed by atoms with Crippen LogP contribution < -0.4 is 10.1 Å². The highest BCUT2D eigenvalue weighted by Gasteiger charge is 2.29. The number of carbonyl (C=O) groups is 1. The Bertz CT molecular complexity index is 985. The lowest BCUT2D eigenvalue weighted by atomic mass is 10.1. The van der Waals surface area contributed by atoms with Crippen molar-refractivity contribution in [3.05, 3.63) is 58.3 Å². The summed E-state index contributed by atoms with van der Waals surface area (Å²) in [5.41, 5.74) is 0.964. The summed E-state index contributed by atoms with van der Waals surface area (Å²) in [6.07, 6.45) is -3.18. The fourth-order valence-electron chi connectivity index (χ4n) is 2.50. The molecule has 0 saturated carbocycles. The molecule has 9 heteroatoms. The fourth-order valence-corrected chi connectivity index (χ4v) is 3.61. The van der Waals surface area contributed by atoms with E-state index in [1.807, 2.05) is 0 Å². The number of hydrogen-bond acceptors (Lipinski definition) is 4. The minimum absolute atomic E-state index is 0.0537. The summed E-state index contributed by atoms with van der Waals surface area (Å²) >= 11 is 1.22. The second-order valence-electron chi connectivity index (χ2n) is 5.75. The van der Waals surface area contributed by atoms with Gasteiger partial charge in [-0.3, -0.25) is 4.79 Å². The van der Waals surface area contributed by atoms with Crippen LogP contribution in [0.5, 0.6) is 5.88 Å². The van der Waals surface area contributed by atoms with Gasteiger partial charge >= 0.3 is 6.18 Å². The molecule has 2 aromatic heterocycles. The largest absolute Gasteiger partial charge is 0.468 e. The lowest BCUT2D eigenvalue weighted by Gasteiger charge is -2.12. The molecular weight excluding hydrogens is 384 g/mol. The van der Waals surface area contributed by atoms with Gasteiger partial charge in [0.15, 0.2) is 6.61 Å². The number of amides is 1. The van der Waals surface area contributed by atoms with E-state index in [2.05, 4.69) is 10.3 Å². The zero-order valence-corrected chi connectivity index (χ0v) is 14.9. The van der Waals surface area contributed by atoms with Gasteiger partial charge in [0.05, 0.1) is 4.88 Å². The molecule has 0 aliphatic rings. The number of alkyl halides is 3. The minimum Gasteiger partial charge on any atom is -0.468 e. The first kappa shape index (κ1) is 19.1. The summed E-state index contributed by atoms with van der Waals surface area (Å²) in [6, 6.07) is 7.34. The number of pyridine rings is 1. The maximum atomic E-state index is 13.4. The summed E-state index contributed by atoms with van der Waals surface area (Å²) < 4.78 is 55.9. The second kappa shape index (κ2) is 7.51. The normalized spacial score (nSPS) is 11.6. The van der Waals surface area contributed by atoms with Gasteiger partial charge < -0.3 is 10.1 Å². The van der Waals surface area contributed by atoms with E-state index in [0.717, 1.165) is 4.70 Å². The van der Waals surface area contributed by atoms with Gasteiger partial charge in [-0.2, -0.15) is 13.2 Å². The van der Waals surface area contributed by atoms with E-state index in [9.17, 15) is 22.4 Å². The molecule has 0 fully saturated rings. The van der Waals surface area contributed by atoms with Crippen LogP contribution in [0.4, 0.5) is 17.6 Å². The number of aryl methyl sites for hydroxylation is 1. The predicted molar refractivity (Wildman–Crippen MR) is 93.5 cm³/mol. The maximum absolute atomic E-state index is 13.4. The number of carbonyl (C=O) groups excluding carboxylic acids is 1. The first-order chi connectivity index (χ1) is 12.7. The molecule has 0 radical (unpaired) electrons. The molecule has 142 valence electrons. The summed E-state index contributed by atoms with van der Waals surface area (Å²) in [4.78, 5) is 16.7. The van der Waals surface area contributed by atoms with E-state index in [1.165, 1.54) is 41.8 Å². The standard InChI is InChI=1S/C18H14F4N2O2S/c1-10-13-7-12(19)4-5-14(13)27-15(10)16(25)24-8-11-3-2-6-23-17(11)26-9-18(20,21)22/h2-7H,8-9H2,1H3,(H,24,25). The van der Waals surface area contributed by atoms with E-state index in [-0.39, 0.29) is 12.4 Å². The lowest BCUT2D eigenvalue weighted by Crippen LogP contribution is -2.24. The van der Waals surface area contributed by atoms with Crippen LogP contribution in [0.25, 0.3) is 10.1 Å². The molecule has 2 heterocycles. The third-order valence-corrected chi connectivity index (χ3v) is 5.04. The number of nitrogens with zero attached hydrogens (tertiary/aromatic N) is 1. The predicted octanol–water partition coefficient (Wildman–Crippen LogP) is 4.61. The first-order valence-corrected chi connectivity index (χ1v) is 8.66. The highest BCUT2D eigenvalue weighted by molar-refractivity contribution is 7.21. The number of aromatic nitrogens is 1. The van der Waals surface area contributed by atoms with Gasteiger partial charge in [0.1, 0.15) is 5.82 Å². The van der Waals surface area contributed by atoms with Crippen molar-refractivity contribution >= 4 is 27.3 Å². The molecule has 0 unspecified atom stereocenters. The van der Waals surface area contributed by atoms with Gasteiger partial charge in [-0.15, -0.1) is 11.3 Å². The van der Waals surface area contributed by atoms with Crippen molar-refractivity contribution in [2.75, 3.05) is 6.61 Å². The molecule has 0 spiro atoms. The van der Waals surface area contributed by atoms with Crippen LogP contribution >= 0.6 is 11.3 Å². The smallest absolute Gasteiger partial charge is 0.422 e. The van der Waals surface area contributed by atoms with E-state index in [1.54, 1.807) is 13.0 Å². The van der Waals surface area contributed by atoms with Gasteiger partial charge in [0.2, 0.25) is 5.88 Å². The molecule has 4 nitrogen and oxygen atoms in total. The molecule has 0 aliphatic heterocycles. The Morgan fingerprint density at radius 1 is 1.30 bits per heavy atom. The number of rotatable bonds is 5. The first-order valence-electron chi connectivity index (χ1n) is 7.85. The van der Waals surface area contributed by atoms with Crippen molar-refractivity contribution in [1.29, 1.82) is 0 Å². The quantitative estimate of drug-likeness (QED) is 0.639. The second-order valence-corrected chi connectivity index (χ2v) is 6.80. The van der Waals surface area contributed by atoms with Gasteiger partial charge in [0.25, 0.3) is 5.91 Å². The Morgan fingerprint density at radius 3 is 2.81 bits per heavy atom. The molecule has 27 heavy (non-hydrogen) atoms. The number of hydrogen-bond donors (Lipinski definition) is 1. The molecule has 1 N–H and O–H groups in total. The molecule has 1 amide bonds. The number of nitrogens with one attached hydrogen (secondary N) is 1. The average Bonchev–Trinajstić information content (AvgIpc) is 2.94. The van der Waals surface area contributed by atoms with E-state index in [0.29, 0.717) is 21.4 Å². The third kappa shape index (κ3) is 4.54. The molecule has 1 aromatic carbocycles. The highest BCUT2D eigenvalue weighted by Crippen LogP contribution is 2.31. The molecule has 0 saturated heterocycles. The Hall–Kier alpha value is -2.68. The van der Waals surface area contributed by atoms with Crippen LogP contribution in [-0.4, -0.2) is 23.7 Å². The molecule has 3 rings (SSSR count). The van der Waals surface area contributed by atoms with Crippen LogP contribution in [0, 0.1) is 12.7 Å². The Kier molecular flexibility index (Phi) is 5.31.